The summed E-state index contributed by atoms with van der Waals surface area (Å²) in [6, 6.07) is 1.73. The molecule has 1 aromatic rings. The molecule has 1 N–H and O–H groups in total. The van der Waals surface area contributed by atoms with Gasteiger partial charge >= 0.3 is 0 Å². The van der Waals surface area contributed by atoms with Crippen molar-refractivity contribution in [2.45, 2.75) is 6.92 Å². The van der Waals surface area contributed by atoms with Gasteiger partial charge in [-0.05, 0) is 28.9 Å². The van der Waals surface area contributed by atoms with Crippen LogP contribution in [0.5, 0.6) is 0 Å². The number of hydrogen-bond acceptors (Lipinski definition) is 2. The zero-order valence-corrected chi connectivity index (χ0v) is 8.64. The van der Waals surface area contributed by atoms with Crippen molar-refractivity contribution in [3.8, 4) is 12.3 Å². The van der Waals surface area contributed by atoms with Crippen LogP contribution in [0.25, 0.3) is 0 Å². The third-order valence-electron chi connectivity index (χ3n) is 1.44. The van der Waals surface area contributed by atoms with Crippen molar-refractivity contribution >= 4 is 21.8 Å². The minimum Gasteiger partial charge on any atom is -0.444 e. The van der Waals surface area contributed by atoms with Crippen LogP contribution in [0.15, 0.2) is 15.2 Å². The summed E-state index contributed by atoms with van der Waals surface area (Å²) in [5.41, 5.74) is 0.779. The molecule has 0 bridgehead atoms. The van der Waals surface area contributed by atoms with Crippen LogP contribution in [0, 0.1) is 19.3 Å². The summed E-state index contributed by atoms with van der Waals surface area (Å²) in [5, 5.41) is 2.51. The van der Waals surface area contributed by atoms with Gasteiger partial charge in [0.25, 0.3) is 5.91 Å². The molecule has 0 saturated heterocycles. The van der Waals surface area contributed by atoms with Crippen molar-refractivity contribution in [2.24, 2.45) is 0 Å². The van der Waals surface area contributed by atoms with Crippen LogP contribution in [-0.4, -0.2) is 12.5 Å². The highest BCUT2D eigenvalue weighted by molar-refractivity contribution is 9.10. The fourth-order valence-corrected chi connectivity index (χ4v) is 1.39. The van der Waals surface area contributed by atoms with Crippen molar-refractivity contribution in [1.82, 2.24) is 5.32 Å². The van der Waals surface area contributed by atoms with Gasteiger partial charge in [-0.2, -0.15) is 0 Å². The van der Waals surface area contributed by atoms with Gasteiger partial charge in [-0.15, -0.1) is 6.42 Å². The third kappa shape index (κ3) is 2.36. The molecule has 1 rings (SSSR count). The molecule has 3 nitrogen and oxygen atoms in total. The van der Waals surface area contributed by atoms with Gasteiger partial charge in [-0.3, -0.25) is 4.79 Å². The van der Waals surface area contributed by atoms with Crippen LogP contribution in [-0.2, 0) is 0 Å². The third-order valence-corrected chi connectivity index (χ3v) is 1.84. The molecule has 0 aromatic carbocycles. The lowest BCUT2D eigenvalue weighted by Gasteiger charge is -1.97. The zero-order valence-electron chi connectivity index (χ0n) is 7.06. The highest BCUT2D eigenvalue weighted by atomic mass is 79.9. The largest absolute Gasteiger partial charge is 0.444 e. The smallest absolute Gasteiger partial charge is 0.288 e. The molecule has 1 aromatic heterocycles. The summed E-state index contributed by atoms with van der Waals surface area (Å²) in [4.78, 5) is 11.3. The van der Waals surface area contributed by atoms with Gasteiger partial charge in [-0.25, -0.2) is 0 Å². The molecule has 0 saturated carbocycles. The predicted octanol–water partition coefficient (Wildman–Crippen LogP) is 1.71. The highest BCUT2D eigenvalue weighted by Crippen LogP contribution is 2.19. The van der Waals surface area contributed by atoms with Crippen LogP contribution in [0.2, 0.25) is 0 Å². The number of terminal acetylenes is 1. The van der Waals surface area contributed by atoms with Gasteiger partial charge < -0.3 is 9.73 Å². The van der Waals surface area contributed by atoms with Gasteiger partial charge in [0.2, 0.25) is 0 Å². The van der Waals surface area contributed by atoms with Gasteiger partial charge in [0.1, 0.15) is 0 Å². The lowest BCUT2D eigenvalue weighted by Crippen LogP contribution is -2.23. The van der Waals surface area contributed by atoms with Crippen LogP contribution >= 0.6 is 15.9 Å². The monoisotopic (exact) mass is 241 g/mol. The number of furan rings is 1. The van der Waals surface area contributed by atoms with E-state index < -0.39 is 0 Å². The van der Waals surface area contributed by atoms with Gasteiger partial charge in [0.15, 0.2) is 10.4 Å². The molecule has 0 radical (unpaired) electrons. The zero-order chi connectivity index (χ0) is 9.84. The number of carbonyl (C=O) groups is 1. The van der Waals surface area contributed by atoms with Crippen LogP contribution in [0.3, 0.4) is 0 Å². The van der Waals surface area contributed by atoms with Gasteiger partial charge in [0.05, 0.1) is 6.54 Å². The van der Waals surface area contributed by atoms with E-state index >= 15 is 0 Å². The molecule has 0 atom stereocenters. The lowest BCUT2D eigenvalue weighted by molar-refractivity contribution is 0.0929. The molecular formula is C9H8BrNO2. The van der Waals surface area contributed by atoms with Crippen molar-refractivity contribution in [2.75, 3.05) is 6.54 Å². The van der Waals surface area contributed by atoms with E-state index in [1.54, 1.807) is 13.0 Å². The van der Waals surface area contributed by atoms with Crippen LogP contribution in [0.4, 0.5) is 0 Å². The predicted molar refractivity (Wildman–Crippen MR) is 52.3 cm³/mol. The maximum absolute atomic E-state index is 11.3. The number of aryl methyl sites for hydroxylation is 1. The molecule has 0 unspecified atom stereocenters. The topological polar surface area (TPSA) is 42.2 Å². The first-order valence-electron chi connectivity index (χ1n) is 3.62. The fourth-order valence-electron chi connectivity index (χ4n) is 0.880. The van der Waals surface area contributed by atoms with Crippen molar-refractivity contribution in [3.63, 3.8) is 0 Å². The normalized spacial score (nSPS) is 9.31. The Labute approximate surface area is 84.6 Å². The first kappa shape index (κ1) is 9.87. The number of nitrogens with one attached hydrogen (secondary N) is 1. The summed E-state index contributed by atoms with van der Waals surface area (Å²) in [7, 11) is 0. The molecule has 1 amide bonds. The summed E-state index contributed by atoms with van der Waals surface area (Å²) in [6.07, 6.45) is 4.99. The van der Waals surface area contributed by atoms with E-state index in [4.69, 9.17) is 10.8 Å². The van der Waals surface area contributed by atoms with E-state index in [9.17, 15) is 4.79 Å². The Balaban J connectivity index is 2.78. The maximum Gasteiger partial charge on any atom is 0.288 e. The minimum absolute atomic E-state index is 0.205. The number of hydrogen-bond donors (Lipinski definition) is 1. The van der Waals surface area contributed by atoms with Gasteiger partial charge in [0, 0.05) is 5.56 Å². The summed E-state index contributed by atoms with van der Waals surface area (Å²) in [5.74, 6) is 2.31. The lowest BCUT2D eigenvalue weighted by atomic mass is 10.3. The summed E-state index contributed by atoms with van der Waals surface area (Å²) < 4.78 is 5.65. The Morgan fingerprint density at radius 2 is 2.54 bits per heavy atom. The quantitative estimate of drug-likeness (QED) is 0.802. The van der Waals surface area contributed by atoms with E-state index in [0.29, 0.717) is 10.4 Å². The van der Waals surface area contributed by atoms with Crippen LogP contribution < -0.4 is 5.32 Å². The number of halogens is 1. The molecule has 13 heavy (non-hydrogen) atoms. The molecule has 0 spiro atoms. The molecule has 68 valence electrons. The first-order valence-corrected chi connectivity index (χ1v) is 4.42. The second-order valence-electron chi connectivity index (χ2n) is 2.45. The van der Waals surface area contributed by atoms with Crippen molar-refractivity contribution < 1.29 is 9.21 Å². The van der Waals surface area contributed by atoms with Crippen molar-refractivity contribution in [3.05, 3.63) is 22.1 Å². The number of rotatable bonds is 2. The molecule has 4 heteroatoms. The highest BCUT2D eigenvalue weighted by Gasteiger charge is 2.13. The molecule has 0 aliphatic carbocycles. The SMILES string of the molecule is C#CCNC(=O)c1oc(Br)cc1C. The Hall–Kier alpha value is -1.21. The van der Waals surface area contributed by atoms with E-state index in [1.807, 2.05) is 0 Å². The summed E-state index contributed by atoms with van der Waals surface area (Å²) in [6.45, 7) is 2.00. The maximum atomic E-state index is 11.3. The Morgan fingerprint density at radius 3 is 3.00 bits per heavy atom. The van der Waals surface area contributed by atoms with E-state index in [-0.39, 0.29) is 12.5 Å². The Kier molecular flexibility index (Phi) is 3.15. The summed E-state index contributed by atoms with van der Waals surface area (Å²) >= 11 is 3.13. The average Bonchev–Trinajstić information content (AvgIpc) is 2.41. The standard InChI is InChI=1S/C9H8BrNO2/c1-3-4-11-9(12)8-6(2)5-7(10)13-8/h1,5H,4H2,2H3,(H,11,12). The molecule has 0 aliphatic heterocycles. The number of amides is 1. The second-order valence-corrected chi connectivity index (χ2v) is 3.23. The van der Waals surface area contributed by atoms with Crippen LogP contribution in [0.1, 0.15) is 16.1 Å². The minimum atomic E-state index is -0.291. The molecule has 1 heterocycles. The first-order chi connectivity index (χ1) is 6.15. The Bertz CT molecular complexity index is 362. The van der Waals surface area contributed by atoms with E-state index in [1.165, 1.54) is 0 Å². The number of carbonyl (C=O) groups excluding carboxylic acids is 1. The molecule has 0 aliphatic rings. The van der Waals surface area contributed by atoms with Crippen molar-refractivity contribution in [1.29, 1.82) is 0 Å². The van der Waals surface area contributed by atoms with E-state index in [2.05, 4.69) is 27.2 Å². The average molecular weight is 242 g/mol. The van der Waals surface area contributed by atoms with E-state index in [0.717, 1.165) is 5.56 Å². The van der Waals surface area contributed by atoms with Gasteiger partial charge in [-0.1, -0.05) is 5.92 Å². The second kappa shape index (κ2) is 4.15. The fraction of sp³-hybridized carbons (Fsp3) is 0.222. The Morgan fingerprint density at radius 1 is 1.85 bits per heavy atom. The molecule has 0 fully saturated rings. The molecular weight excluding hydrogens is 234 g/mol.